The molecule has 2 aliphatic heterocycles. The van der Waals surface area contributed by atoms with Crippen molar-refractivity contribution in [2.45, 2.75) is 148 Å². The van der Waals surface area contributed by atoms with Crippen LogP contribution < -0.4 is 27.6 Å². The molecule has 0 unspecified atom stereocenters. The van der Waals surface area contributed by atoms with Gasteiger partial charge < -0.3 is 34.7 Å². The first-order valence-corrected chi connectivity index (χ1v) is 27.3. The molecule has 3 heterocycles. The number of nitrogens with zero attached hydrogens (tertiary/aromatic N) is 2. The molecule has 1 fully saturated rings. The number of benzene rings is 1. The number of amides is 2. The zero-order valence-electron chi connectivity index (χ0n) is 36.8. The summed E-state index contributed by atoms with van der Waals surface area (Å²) in [6.45, 7) is 25.4. The summed E-state index contributed by atoms with van der Waals surface area (Å²) >= 11 is 0. The molecule has 330 valence electrons. The predicted octanol–water partition coefficient (Wildman–Crippen LogP) is 4.98. The third-order valence-electron chi connectivity index (χ3n) is 12.0. The quantitative estimate of drug-likeness (QED) is 0.123. The first-order valence-electron chi connectivity index (χ1n) is 20.0. The van der Waals surface area contributed by atoms with E-state index in [2.05, 4.69) is 31.4 Å². The van der Waals surface area contributed by atoms with Gasteiger partial charge in [-0.15, -0.1) is 0 Å². The number of aromatic nitrogens is 2. The van der Waals surface area contributed by atoms with Gasteiger partial charge in [0.05, 0.1) is 17.7 Å². The van der Waals surface area contributed by atoms with Gasteiger partial charge in [0.1, 0.15) is 24.9 Å². The van der Waals surface area contributed by atoms with Gasteiger partial charge in [-0.05, 0) is 61.1 Å². The molecular weight excluding hydrogens is 815 g/mol. The molecule has 2 amide bonds. The second kappa shape index (κ2) is 17.8. The van der Waals surface area contributed by atoms with E-state index in [0.29, 0.717) is 0 Å². The Labute approximate surface area is 350 Å². The number of nitrogens with two attached hydrogens (primary N) is 1. The Hall–Kier alpha value is -3.60. The van der Waals surface area contributed by atoms with Crippen molar-refractivity contribution in [1.82, 2.24) is 19.8 Å². The van der Waals surface area contributed by atoms with Gasteiger partial charge in [0, 0.05) is 24.8 Å². The summed E-state index contributed by atoms with van der Waals surface area (Å²) in [4.78, 5) is 53.8. The minimum absolute atomic E-state index is 0.0412. The van der Waals surface area contributed by atoms with E-state index in [1.165, 1.54) is 10.8 Å². The first-order chi connectivity index (χ1) is 27.0. The summed E-state index contributed by atoms with van der Waals surface area (Å²) in [6.07, 6.45) is -2.88. The molecule has 4 rings (SSSR count). The molecule has 2 aromatic rings. The number of hydrogen-bond donors (Lipinski definition) is 3. The van der Waals surface area contributed by atoms with Crippen molar-refractivity contribution < 1.29 is 40.5 Å². The molecule has 0 aliphatic carbocycles. The normalized spacial score (nSPS) is 22.7. The Balaban J connectivity index is 1.63. The third kappa shape index (κ3) is 10.7. The van der Waals surface area contributed by atoms with Crippen LogP contribution in [-0.4, -0.2) is 83.2 Å². The highest BCUT2D eigenvalue weighted by atomic mass is 32.2. The number of hydrogen-bond acceptors (Lipinski definition) is 12. The SMILES string of the molecule is Cc1cn([C@@H]2O[C@H](CO[Si](C)(C)C(C)(C)C)[C@@]3(OS(=O)(=O)C=C3N)[C@H]2O[Si](C)(C)C(C)(C)C)c(=O)n(CCCNC(=O)[C@@H](NC(=O)OCc2ccccc2)C(C)C)c1=O. The Bertz CT molecular complexity index is 2110. The number of alkyl carbamates (subject to hydrolysis) is 1. The van der Waals surface area contributed by atoms with E-state index in [1.807, 2.05) is 77.3 Å². The maximum absolute atomic E-state index is 14.4. The van der Waals surface area contributed by atoms with Crippen LogP contribution in [0.5, 0.6) is 0 Å². The molecule has 5 atom stereocenters. The monoisotopic (exact) mass is 879 g/mol. The van der Waals surface area contributed by atoms with E-state index >= 15 is 0 Å². The molecule has 16 nitrogen and oxygen atoms in total. The Kier molecular flexibility index (Phi) is 14.5. The lowest BCUT2D eigenvalue weighted by molar-refractivity contribution is -0.124. The van der Waals surface area contributed by atoms with Crippen molar-refractivity contribution in [2.24, 2.45) is 11.7 Å². The Morgan fingerprint density at radius 1 is 1.00 bits per heavy atom. The number of rotatable bonds is 15. The highest BCUT2D eigenvalue weighted by Gasteiger charge is 2.67. The molecule has 1 aromatic carbocycles. The molecule has 59 heavy (non-hydrogen) atoms. The van der Waals surface area contributed by atoms with Crippen molar-refractivity contribution >= 4 is 38.8 Å². The topological polar surface area (TPSA) is 209 Å². The van der Waals surface area contributed by atoms with Gasteiger partial charge in [-0.3, -0.25) is 18.7 Å². The van der Waals surface area contributed by atoms with E-state index < -0.39 is 80.1 Å². The second-order valence-corrected chi connectivity index (χ2v) is 29.8. The number of ether oxygens (including phenoxy) is 2. The van der Waals surface area contributed by atoms with Gasteiger partial charge >= 0.3 is 11.8 Å². The van der Waals surface area contributed by atoms with Crippen LogP contribution in [0.15, 0.2) is 57.2 Å². The van der Waals surface area contributed by atoms with Gasteiger partial charge in [0.25, 0.3) is 15.7 Å². The van der Waals surface area contributed by atoms with Crippen molar-refractivity contribution in [3.63, 3.8) is 0 Å². The Morgan fingerprint density at radius 2 is 1.61 bits per heavy atom. The van der Waals surface area contributed by atoms with E-state index in [4.69, 9.17) is 28.2 Å². The minimum Gasteiger partial charge on any atom is -0.445 e. The van der Waals surface area contributed by atoms with Crippen LogP contribution in [-0.2, 0) is 50.6 Å². The maximum Gasteiger partial charge on any atom is 0.408 e. The summed E-state index contributed by atoms with van der Waals surface area (Å²) in [5.41, 5.74) is 4.30. The highest BCUT2D eigenvalue weighted by molar-refractivity contribution is 7.90. The molecule has 2 aliphatic rings. The van der Waals surface area contributed by atoms with Crippen molar-refractivity contribution in [3.05, 3.63) is 79.6 Å². The first kappa shape index (κ1) is 48.1. The van der Waals surface area contributed by atoms with Gasteiger partial charge in [0.2, 0.25) is 5.91 Å². The number of carbonyl (C=O) groups is 2. The number of carbonyl (C=O) groups excluding carboxylic acids is 2. The van der Waals surface area contributed by atoms with Crippen molar-refractivity contribution in [2.75, 3.05) is 13.2 Å². The van der Waals surface area contributed by atoms with Gasteiger partial charge in [-0.25, -0.2) is 13.8 Å². The maximum atomic E-state index is 14.4. The molecule has 0 saturated carbocycles. The van der Waals surface area contributed by atoms with Crippen LogP contribution >= 0.6 is 0 Å². The lowest BCUT2D eigenvalue weighted by atomic mass is 9.89. The summed E-state index contributed by atoms with van der Waals surface area (Å²) in [7, 11) is -9.55. The van der Waals surface area contributed by atoms with E-state index in [0.717, 1.165) is 15.5 Å². The molecule has 1 saturated heterocycles. The van der Waals surface area contributed by atoms with Gasteiger partial charge in [-0.2, -0.15) is 8.42 Å². The lowest BCUT2D eigenvalue weighted by Crippen LogP contribution is -2.59. The van der Waals surface area contributed by atoms with Crippen LogP contribution in [0.2, 0.25) is 36.3 Å². The summed E-state index contributed by atoms with van der Waals surface area (Å²) in [6, 6.07) is 8.25. The fourth-order valence-corrected chi connectivity index (χ4v) is 9.84. The van der Waals surface area contributed by atoms with Crippen LogP contribution in [0.3, 0.4) is 0 Å². The largest absolute Gasteiger partial charge is 0.445 e. The van der Waals surface area contributed by atoms with Gasteiger partial charge in [-0.1, -0.05) is 85.7 Å². The van der Waals surface area contributed by atoms with Crippen LogP contribution in [0.4, 0.5) is 4.79 Å². The molecule has 1 aromatic heterocycles. The van der Waals surface area contributed by atoms with E-state index in [1.54, 1.807) is 20.8 Å². The van der Waals surface area contributed by atoms with Gasteiger partial charge in [0.15, 0.2) is 28.5 Å². The fourth-order valence-electron chi connectivity index (χ4n) is 6.34. The molecule has 0 radical (unpaired) electrons. The summed E-state index contributed by atoms with van der Waals surface area (Å²) < 4.78 is 60.2. The zero-order valence-corrected chi connectivity index (χ0v) is 39.7. The number of aryl methyl sites for hydroxylation is 1. The average Bonchev–Trinajstić information content (AvgIpc) is 3.55. The van der Waals surface area contributed by atoms with Crippen LogP contribution in [0.25, 0.3) is 0 Å². The second-order valence-electron chi connectivity index (χ2n) is 18.9. The van der Waals surface area contributed by atoms with Crippen LogP contribution in [0.1, 0.15) is 79.2 Å². The van der Waals surface area contributed by atoms with E-state index in [-0.39, 0.29) is 60.0 Å². The predicted molar refractivity (Wildman–Crippen MR) is 230 cm³/mol. The van der Waals surface area contributed by atoms with E-state index in [9.17, 15) is 27.6 Å². The fraction of sp³-hybridized carbons (Fsp3) is 0.650. The third-order valence-corrected chi connectivity index (χ3v) is 22.0. The molecule has 4 N–H and O–H groups in total. The zero-order chi connectivity index (χ0) is 44.5. The smallest absolute Gasteiger partial charge is 0.408 e. The summed E-state index contributed by atoms with van der Waals surface area (Å²) in [5.74, 6) is -0.732. The summed E-state index contributed by atoms with van der Waals surface area (Å²) in [5, 5.41) is 5.70. The molecular formula is C40H65N5O11SSi2. The number of nitrogens with one attached hydrogen (secondary N) is 2. The van der Waals surface area contributed by atoms with Crippen molar-refractivity contribution in [3.8, 4) is 0 Å². The average molecular weight is 880 g/mol. The molecule has 0 bridgehead atoms. The molecule has 19 heteroatoms. The lowest BCUT2D eigenvalue weighted by Gasteiger charge is -2.43. The highest BCUT2D eigenvalue weighted by Crippen LogP contribution is 2.52. The van der Waals surface area contributed by atoms with Crippen molar-refractivity contribution in [1.29, 1.82) is 0 Å². The standard InChI is InChI=1S/C40H65N5O11SSi2/c1-26(2)31(43-36(48)52-23-28-18-15-14-16-19-28)33(46)42-20-17-21-44-34(47)27(3)22-45(37(44)49)35-32(55-59(12,13)39(7,8)9)40(29(41)25-57(50,51)56-40)30(54-35)24-53-58(10,11)38(4,5)6/h14-16,18-19,22,25-26,30-32,35H,17,20-21,23-24,41H2,1-13H3,(H,42,46)(H,43,48)/t30-,31+,32+,35-,40-/m1/s1. The van der Waals surface area contributed by atoms with Crippen LogP contribution in [0, 0.1) is 12.8 Å². The Morgan fingerprint density at radius 3 is 2.15 bits per heavy atom. The minimum atomic E-state index is -4.30. The molecule has 1 spiro atoms.